The second kappa shape index (κ2) is 21.8. The number of non-ortho nitro benzene ring substituents is 1. The zero-order valence-electron chi connectivity index (χ0n) is 40.7. The van der Waals surface area contributed by atoms with E-state index in [2.05, 4.69) is 34.9 Å². The van der Waals surface area contributed by atoms with Crippen molar-refractivity contribution in [3.8, 4) is 11.3 Å². The van der Waals surface area contributed by atoms with Crippen molar-refractivity contribution in [2.24, 2.45) is 0 Å². The van der Waals surface area contributed by atoms with Crippen molar-refractivity contribution < 1.29 is 115 Å². The fraction of sp³-hybridized carbons (Fsp3) is 0.167. The van der Waals surface area contributed by atoms with Gasteiger partial charge in [-0.1, -0.05) is 97.1 Å². The number of fused-ring (bicyclic) bond motifs is 1. The largest absolute Gasteiger partial charge is 0.416 e. The Bertz CT molecular complexity index is 3270. The number of halogens is 24. The first-order chi connectivity index (χ1) is 38.0. The number of nitrogens with zero attached hydrogens (tertiary/aromatic N) is 2. The molecule has 83 heavy (non-hydrogen) atoms. The Hall–Kier alpha value is -8.27. The summed E-state index contributed by atoms with van der Waals surface area (Å²) in [6.07, 6.45) is -54.8. The van der Waals surface area contributed by atoms with Crippen molar-refractivity contribution in [2.75, 3.05) is 0 Å². The van der Waals surface area contributed by atoms with Crippen LogP contribution in [0.25, 0.3) is 22.2 Å². The summed E-state index contributed by atoms with van der Waals surface area (Å²) in [6.45, 7) is 0.695. The van der Waals surface area contributed by atoms with Crippen molar-refractivity contribution in [3.05, 3.63) is 224 Å². The summed E-state index contributed by atoms with van der Waals surface area (Å²) in [6, 6.07) is 20.5. The molecule has 0 saturated heterocycles. The maximum absolute atomic E-state index is 14.2. The summed E-state index contributed by atoms with van der Waals surface area (Å²) < 4.78 is 343. The van der Waals surface area contributed by atoms with E-state index in [1.165, 1.54) is 11.6 Å². The lowest BCUT2D eigenvalue weighted by molar-refractivity contribution is -0.651. The normalized spacial score (nSPS) is 13.2. The predicted octanol–water partition coefficient (Wildman–Crippen LogP) is 16.0. The minimum Gasteiger partial charge on any atom is -0.258 e. The average Bonchev–Trinajstić information content (AvgIpc) is 1.16. The maximum Gasteiger partial charge on any atom is 0.416 e. The van der Waals surface area contributed by atoms with Crippen LogP contribution in [0.5, 0.6) is 0 Å². The van der Waals surface area contributed by atoms with Gasteiger partial charge in [0.05, 0.1) is 55.0 Å². The Balaban J connectivity index is 0.000000313. The fourth-order valence-corrected chi connectivity index (χ4v) is 9.30. The zero-order valence-corrected chi connectivity index (χ0v) is 40.7. The van der Waals surface area contributed by atoms with Crippen LogP contribution < -0.4 is 26.4 Å². The molecule has 0 fully saturated rings. The molecule has 1 aromatic heterocycles. The molecule has 29 heteroatoms. The first kappa shape index (κ1) is 62.3. The lowest BCUT2D eigenvalue weighted by Gasteiger charge is -2.46. The Morgan fingerprint density at radius 3 is 0.976 bits per heavy atom. The number of nitro benzene ring substituents is 1. The molecule has 438 valence electrons. The van der Waals surface area contributed by atoms with Crippen LogP contribution in [0.1, 0.15) is 50.1 Å². The molecule has 0 unspecified atom stereocenters. The third-order valence-electron chi connectivity index (χ3n) is 12.9. The number of hydrogen-bond donors (Lipinski definition) is 0. The standard InChI is InChI=1S/C32H12BF24.C22H17N2O2/c34-25(35,36)13-1-14(26(37,38)39)6-21(5-13)33(22-7-15(27(40,41)42)2-16(8-22)28(43,44)45,23-9-17(29(46,47)48)3-18(10-23)30(49,50)51)24-11-19(31(52,53)54)4-20(12-24)32(55,56)57;25-24(26)20-11-6-10-19(15-20)22-14-13-18-9-4-5-12-21(18)23(22)16-17-7-2-1-3-8-17/h1-12H;1-15H,16H2/q-1;+1. The summed E-state index contributed by atoms with van der Waals surface area (Å²) >= 11 is 0. The van der Waals surface area contributed by atoms with Crippen molar-refractivity contribution in [2.45, 2.75) is 56.0 Å². The Morgan fingerprint density at radius 2 is 0.663 bits per heavy atom. The van der Waals surface area contributed by atoms with Gasteiger partial charge in [0.1, 0.15) is 6.15 Å². The van der Waals surface area contributed by atoms with E-state index in [9.17, 15) is 115 Å². The van der Waals surface area contributed by atoms with Gasteiger partial charge >= 0.3 is 49.4 Å². The van der Waals surface area contributed by atoms with Crippen molar-refractivity contribution >= 4 is 44.6 Å². The van der Waals surface area contributed by atoms with Gasteiger partial charge in [0.2, 0.25) is 11.2 Å². The highest BCUT2D eigenvalue weighted by Gasteiger charge is 2.47. The third-order valence-corrected chi connectivity index (χ3v) is 12.9. The molecule has 0 N–H and O–H groups in total. The van der Waals surface area contributed by atoms with Crippen LogP contribution >= 0.6 is 0 Å². The van der Waals surface area contributed by atoms with E-state index in [1.807, 2.05) is 42.5 Å². The number of rotatable bonds is 8. The van der Waals surface area contributed by atoms with Crippen LogP contribution in [0.2, 0.25) is 0 Å². The molecule has 8 aromatic rings. The first-order valence-electron chi connectivity index (χ1n) is 23.0. The molecule has 0 saturated carbocycles. The average molecular weight is 1200 g/mol. The maximum atomic E-state index is 14.2. The summed E-state index contributed by atoms with van der Waals surface area (Å²) in [5.41, 5.74) is -26.0. The van der Waals surface area contributed by atoms with Gasteiger partial charge in [0.25, 0.3) is 5.69 Å². The van der Waals surface area contributed by atoms with E-state index < -0.39 is 195 Å². The first-order valence-corrected chi connectivity index (χ1v) is 23.0. The number of pyridine rings is 1. The number of aromatic nitrogens is 1. The minimum atomic E-state index is -6.13. The molecule has 0 bridgehead atoms. The second-order valence-electron chi connectivity index (χ2n) is 18.4. The minimum absolute atomic E-state index is 0.0990. The van der Waals surface area contributed by atoms with Crippen LogP contribution in [0.4, 0.5) is 111 Å². The SMILES string of the molecule is FC(F)(F)c1cc([B-](c2cc(C(F)(F)F)cc(C(F)(F)F)c2)(c2cc(C(F)(F)F)cc(C(F)(F)F)c2)c2cc(C(F)(F)F)cc(C(F)(F)F)c2)cc(C(F)(F)F)c1.O=[N+]([O-])c1cccc(-c2ccc3ccccc3[n+]2Cc2ccccc2)c1. The van der Waals surface area contributed by atoms with Crippen LogP contribution in [-0.4, -0.2) is 11.1 Å². The summed E-state index contributed by atoms with van der Waals surface area (Å²) in [5, 5.41) is 12.3. The van der Waals surface area contributed by atoms with Crippen LogP contribution in [0.15, 0.2) is 164 Å². The van der Waals surface area contributed by atoms with Crippen LogP contribution in [0, 0.1) is 10.1 Å². The van der Waals surface area contributed by atoms with E-state index in [-0.39, 0.29) is 10.6 Å². The number of para-hydroxylation sites is 1. The van der Waals surface area contributed by atoms with Crippen molar-refractivity contribution in [3.63, 3.8) is 0 Å². The number of hydrogen-bond acceptors (Lipinski definition) is 2. The Morgan fingerprint density at radius 1 is 0.349 bits per heavy atom. The summed E-state index contributed by atoms with van der Waals surface area (Å²) in [4.78, 5) is 10.8. The van der Waals surface area contributed by atoms with Crippen LogP contribution in [-0.2, 0) is 56.0 Å². The monoisotopic (exact) mass is 1200 g/mol. The van der Waals surface area contributed by atoms with Gasteiger partial charge in [-0.2, -0.15) is 132 Å². The molecule has 8 rings (SSSR count). The summed E-state index contributed by atoms with van der Waals surface area (Å²) in [7, 11) is 0. The molecule has 0 aliphatic heterocycles. The molecule has 0 atom stereocenters. The lowest BCUT2D eigenvalue weighted by Crippen LogP contribution is -2.75. The van der Waals surface area contributed by atoms with Gasteiger partial charge in [-0.25, -0.2) is 0 Å². The smallest absolute Gasteiger partial charge is 0.258 e. The van der Waals surface area contributed by atoms with E-state index in [0.717, 1.165) is 22.2 Å². The third kappa shape index (κ3) is 13.8. The number of benzene rings is 7. The molecule has 0 amide bonds. The highest BCUT2D eigenvalue weighted by atomic mass is 19.4. The van der Waals surface area contributed by atoms with E-state index in [1.54, 1.807) is 12.1 Å². The molecular formula is C54H29BF24N2O2. The van der Waals surface area contributed by atoms with Gasteiger partial charge in [0, 0.05) is 35.2 Å². The molecule has 7 aromatic carbocycles. The second-order valence-corrected chi connectivity index (χ2v) is 18.4. The highest BCUT2D eigenvalue weighted by Crippen LogP contribution is 2.42. The van der Waals surface area contributed by atoms with Gasteiger partial charge in [-0.15, -0.1) is 0 Å². The summed E-state index contributed by atoms with van der Waals surface area (Å²) in [5.74, 6) is 0. The quantitative estimate of drug-likeness (QED) is 0.0500. The van der Waals surface area contributed by atoms with Gasteiger partial charge in [0.15, 0.2) is 6.54 Å². The van der Waals surface area contributed by atoms with Crippen molar-refractivity contribution in [1.29, 1.82) is 0 Å². The molecule has 0 aliphatic carbocycles. The van der Waals surface area contributed by atoms with Gasteiger partial charge < -0.3 is 0 Å². The highest BCUT2D eigenvalue weighted by molar-refractivity contribution is 7.20. The van der Waals surface area contributed by atoms with Gasteiger partial charge in [-0.3, -0.25) is 10.1 Å². The van der Waals surface area contributed by atoms with Gasteiger partial charge in [-0.05, 0) is 42.5 Å². The fourth-order valence-electron chi connectivity index (χ4n) is 9.30. The molecule has 1 heterocycles. The van der Waals surface area contributed by atoms with E-state index >= 15 is 0 Å². The van der Waals surface area contributed by atoms with E-state index in [4.69, 9.17) is 0 Å². The topological polar surface area (TPSA) is 47.0 Å². The Labute approximate surface area is 449 Å². The molecule has 0 spiro atoms. The Kier molecular flexibility index (Phi) is 16.4. The lowest BCUT2D eigenvalue weighted by atomic mass is 9.12. The molecular weight excluding hydrogens is 1180 g/mol. The molecule has 0 radical (unpaired) electrons. The number of alkyl halides is 24. The predicted molar refractivity (Wildman–Crippen MR) is 252 cm³/mol. The zero-order chi connectivity index (χ0) is 61.8. The molecule has 0 aliphatic rings. The van der Waals surface area contributed by atoms with Crippen LogP contribution in [0.3, 0.4) is 0 Å². The molecule has 4 nitrogen and oxygen atoms in total. The van der Waals surface area contributed by atoms with E-state index in [0.29, 0.717) is 6.54 Å². The number of nitro groups is 1. The van der Waals surface area contributed by atoms with Crippen molar-refractivity contribution in [1.82, 2.24) is 0 Å².